The molecule has 5 rings (SSSR count). The number of benzene rings is 1. The lowest BCUT2D eigenvalue weighted by Crippen LogP contribution is -2.50. The van der Waals surface area contributed by atoms with E-state index in [4.69, 9.17) is 14.2 Å². The number of nitrogens with zero attached hydrogens (tertiary/aromatic N) is 1. The van der Waals surface area contributed by atoms with Crippen LogP contribution in [-0.2, 0) is 20.7 Å². The molecule has 152 valence electrons. The van der Waals surface area contributed by atoms with Gasteiger partial charge in [0.05, 0.1) is 18.8 Å². The van der Waals surface area contributed by atoms with Crippen molar-refractivity contribution in [2.75, 3.05) is 46.6 Å². The third-order valence-electron chi connectivity index (χ3n) is 6.65. The van der Waals surface area contributed by atoms with E-state index >= 15 is 0 Å². The minimum Gasteiger partial charge on any atom is -0.493 e. The van der Waals surface area contributed by atoms with Gasteiger partial charge in [-0.15, -0.1) is 0 Å². The largest absolute Gasteiger partial charge is 0.493 e. The van der Waals surface area contributed by atoms with Gasteiger partial charge in [-0.25, -0.2) is 4.79 Å². The lowest BCUT2D eigenvalue weighted by Gasteiger charge is -2.47. The molecule has 1 aliphatic carbocycles. The van der Waals surface area contributed by atoms with Crippen molar-refractivity contribution in [1.29, 1.82) is 0 Å². The minimum absolute atomic E-state index is 0.180. The standard InChI is InChI=1S/C23H31NO4/c1-17-20(27-15-3-14-26-2)7-5-18-4-6-19(21(17)18)22(25)28-16-23-8-11-24(12-9-23)13-10-23/h5-7H,3-4,8-16H2,1-2H3. The number of hydrogen-bond acceptors (Lipinski definition) is 5. The first kappa shape index (κ1) is 19.5. The van der Waals surface area contributed by atoms with E-state index in [1.165, 1.54) is 5.56 Å². The van der Waals surface area contributed by atoms with E-state index < -0.39 is 0 Å². The first-order valence-corrected chi connectivity index (χ1v) is 10.5. The molecule has 1 aromatic carbocycles. The SMILES string of the molecule is COCCCOc1ccc2c(c1C)C(C(=O)OCC13CCN(CC1)CC3)=CC2. The zero-order valence-electron chi connectivity index (χ0n) is 17.1. The highest BCUT2D eigenvalue weighted by molar-refractivity contribution is 6.18. The lowest BCUT2D eigenvalue weighted by molar-refractivity contribution is -0.143. The quantitative estimate of drug-likeness (QED) is 0.507. The Bertz CT molecular complexity index is 748. The zero-order valence-corrected chi connectivity index (χ0v) is 17.1. The lowest BCUT2D eigenvalue weighted by atomic mass is 9.73. The summed E-state index contributed by atoms with van der Waals surface area (Å²) in [7, 11) is 1.69. The van der Waals surface area contributed by atoms with Gasteiger partial charge in [-0.05, 0) is 75.0 Å². The number of hydrogen-bond donors (Lipinski definition) is 0. The second-order valence-corrected chi connectivity index (χ2v) is 8.41. The molecule has 0 radical (unpaired) electrons. The van der Waals surface area contributed by atoms with Crippen LogP contribution in [0.15, 0.2) is 18.2 Å². The normalized spacial score (nSPS) is 25.4. The maximum Gasteiger partial charge on any atom is 0.338 e. The predicted octanol–water partition coefficient (Wildman–Crippen LogP) is 3.38. The molecule has 0 spiro atoms. The van der Waals surface area contributed by atoms with Crippen LogP contribution in [0.25, 0.3) is 5.57 Å². The highest BCUT2D eigenvalue weighted by Gasteiger charge is 2.40. The van der Waals surface area contributed by atoms with Gasteiger partial charge in [0.2, 0.25) is 0 Å². The van der Waals surface area contributed by atoms with Crippen molar-refractivity contribution >= 4 is 11.5 Å². The van der Waals surface area contributed by atoms with Crippen LogP contribution in [0.2, 0.25) is 0 Å². The Labute approximate surface area is 167 Å². The number of carbonyl (C=O) groups is 1. The van der Waals surface area contributed by atoms with Crippen LogP contribution in [0.1, 0.15) is 42.4 Å². The molecule has 1 aromatic rings. The molecule has 0 saturated carbocycles. The van der Waals surface area contributed by atoms with Gasteiger partial charge in [0.25, 0.3) is 0 Å². The second kappa shape index (κ2) is 8.26. The summed E-state index contributed by atoms with van der Waals surface area (Å²) in [5.74, 6) is 0.662. The maximum atomic E-state index is 12.9. The molecular formula is C23H31NO4. The predicted molar refractivity (Wildman–Crippen MR) is 109 cm³/mol. The van der Waals surface area contributed by atoms with Crippen LogP contribution in [0.3, 0.4) is 0 Å². The van der Waals surface area contributed by atoms with Gasteiger partial charge in [0.15, 0.2) is 0 Å². The van der Waals surface area contributed by atoms with Crippen molar-refractivity contribution < 1.29 is 19.0 Å². The molecule has 3 saturated heterocycles. The van der Waals surface area contributed by atoms with Crippen molar-refractivity contribution in [2.45, 2.75) is 39.0 Å². The van der Waals surface area contributed by atoms with Crippen LogP contribution in [0.4, 0.5) is 0 Å². The average Bonchev–Trinajstić information content (AvgIpc) is 3.17. The van der Waals surface area contributed by atoms with E-state index in [0.29, 0.717) is 25.4 Å². The number of esters is 1. The summed E-state index contributed by atoms with van der Waals surface area (Å²) < 4.78 is 16.9. The van der Waals surface area contributed by atoms with Crippen molar-refractivity contribution in [1.82, 2.24) is 4.90 Å². The summed E-state index contributed by atoms with van der Waals surface area (Å²) in [6.07, 6.45) is 7.08. The Kier molecular flexibility index (Phi) is 5.74. The van der Waals surface area contributed by atoms with Gasteiger partial charge < -0.3 is 19.1 Å². The topological polar surface area (TPSA) is 48.0 Å². The fraction of sp³-hybridized carbons (Fsp3) is 0.609. The minimum atomic E-state index is -0.180. The van der Waals surface area contributed by atoms with E-state index in [1.807, 2.05) is 19.1 Å². The molecule has 0 unspecified atom stereocenters. The van der Waals surface area contributed by atoms with E-state index in [1.54, 1.807) is 7.11 Å². The molecule has 0 atom stereocenters. The average molecular weight is 386 g/mol. The summed E-state index contributed by atoms with van der Waals surface area (Å²) >= 11 is 0. The summed E-state index contributed by atoms with van der Waals surface area (Å²) in [6.45, 7) is 7.31. The molecular weight excluding hydrogens is 354 g/mol. The Balaban J connectivity index is 1.42. The third-order valence-corrected chi connectivity index (χ3v) is 6.65. The highest BCUT2D eigenvalue weighted by atomic mass is 16.5. The van der Waals surface area contributed by atoms with Gasteiger partial charge >= 0.3 is 5.97 Å². The van der Waals surface area contributed by atoms with Gasteiger partial charge in [0.1, 0.15) is 5.75 Å². The smallest absolute Gasteiger partial charge is 0.338 e. The van der Waals surface area contributed by atoms with Crippen LogP contribution in [0.5, 0.6) is 5.75 Å². The van der Waals surface area contributed by atoms with E-state index in [9.17, 15) is 4.79 Å². The summed E-state index contributed by atoms with van der Waals surface area (Å²) in [5.41, 5.74) is 4.12. The molecule has 0 amide bonds. The summed E-state index contributed by atoms with van der Waals surface area (Å²) in [5, 5.41) is 0. The van der Waals surface area contributed by atoms with Gasteiger partial charge in [-0.2, -0.15) is 0 Å². The molecule has 0 aromatic heterocycles. The molecule has 2 bridgehead atoms. The molecule has 28 heavy (non-hydrogen) atoms. The van der Waals surface area contributed by atoms with Gasteiger partial charge in [0, 0.05) is 25.6 Å². The number of ether oxygens (including phenoxy) is 3. The number of methoxy groups -OCH3 is 1. The Morgan fingerprint density at radius 3 is 2.61 bits per heavy atom. The maximum absolute atomic E-state index is 12.9. The Morgan fingerprint density at radius 2 is 1.89 bits per heavy atom. The van der Waals surface area contributed by atoms with Crippen LogP contribution in [0, 0.1) is 12.3 Å². The Hall–Kier alpha value is -1.85. The van der Waals surface area contributed by atoms with E-state index in [-0.39, 0.29) is 11.4 Å². The van der Waals surface area contributed by atoms with Crippen LogP contribution >= 0.6 is 0 Å². The number of piperidine rings is 3. The zero-order chi connectivity index (χ0) is 19.6. The number of allylic oxidation sites excluding steroid dienone is 1. The van der Waals surface area contributed by atoms with Gasteiger partial charge in [-0.3, -0.25) is 0 Å². The number of carbonyl (C=O) groups excluding carboxylic acids is 1. The van der Waals surface area contributed by atoms with E-state index in [0.717, 1.165) is 68.6 Å². The van der Waals surface area contributed by atoms with Crippen molar-refractivity contribution in [2.24, 2.45) is 5.41 Å². The van der Waals surface area contributed by atoms with Gasteiger partial charge in [-0.1, -0.05) is 12.1 Å². The van der Waals surface area contributed by atoms with Crippen LogP contribution < -0.4 is 4.74 Å². The van der Waals surface area contributed by atoms with E-state index in [2.05, 4.69) is 11.0 Å². The molecule has 0 N–H and O–H groups in total. The Morgan fingerprint density at radius 1 is 1.14 bits per heavy atom. The second-order valence-electron chi connectivity index (χ2n) is 8.41. The molecule has 3 fully saturated rings. The molecule has 5 heteroatoms. The van der Waals surface area contributed by atoms with Crippen molar-refractivity contribution in [3.63, 3.8) is 0 Å². The fourth-order valence-corrected chi connectivity index (χ4v) is 4.74. The van der Waals surface area contributed by atoms with Crippen LogP contribution in [-0.4, -0.2) is 57.4 Å². The van der Waals surface area contributed by atoms with Crippen molar-refractivity contribution in [3.05, 3.63) is 34.9 Å². The highest BCUT2D eigenvalue weighted by Crippen LogP contribution is 2.41. The monoisotopic (exact) mass is 385 g/mol. The summed E-state index contributed by atoms with van der Waals surface area (Å²) in [6, 6.07) is 4.08. The molecule has 4 aliphatic rings. The number of rotatable bonds is 8. The number of fused-ring (bicyclic) bond motifs is 4. The molecule has 3 aliphatic heterocycles. The summed E-state index contributed by atoms with van der Waals surface area (Å²) in [4.78, 5) is 15.4. The first-order chi connectivity index (χ1) is 13.6. The third kappa shape index (κ3) is 3.83. The first-order valence-electron chi connectivity index (χ1n) is 10.5. The fourth-order valence-electron chi connectivity index (χ4n) is 4.74. The van der Waals surface area contributed by atoms with Crippen molar-refractivity contribution in [3.8, 4) is 5.75 Å². The molecule has 5 nitrogen and oxygen atoms in total. The molecule has 3 heterocycles.